The molecule has 180 valence electrons. The number of carbonyl (C=O) groups is 1. The van der Waals surface area contributed by atoms with Crippen LogP contribution in [0.3, 0.4) is 0 Å². The summed E-state index contributed by atoms with van der Waals surface area (Å²) in [4.78, 5) is 21.6. The number of methoxy groups -OCH3 is 2. The standard InChI is InChI=1S/C24H23ClN6O4/c1-14-15(6-4-7-17(14)25)22-28-23(35-29-22)18-8-5-11-30(18)24(32)16-12-20(33-2)21(34-3)13-19(16)31-26-9-10-27-31/h4,6-7,9-10,12-13,18H,5,8,11H2,1-3H3. The van der Waals surface area contributed by atoms with Crippen molar-refractivity contribution in [3.05, 3.63) is 64.8 Å². The molecule has 0 radical (unpaired) electrons. The number of benzene rings is 2. The van der Waals surface area contributed by atoms with Crippen LogP contribution in [0, 0.1) is 6.92 Å². The number of halogens is 1. The lowest BCUT2D eigenvalue weighted by Gasteiger charge is -2.23. The molecule has 0 N–H and O–H groups in total. The molecule has 0 aliphatic carbocycles. The quantitative estimate of drug-likeness (QED) is 0.391. The van der Waals surface area contributed by atoms with Gasteiger partial charge in [-0.05, 0) is 37.5 Å². The Labute approximate surface area is 206 Å². The smallest absolute Gasteiger partial charge is 0.256 e. The fourth-order valence-corrected chi connectivity index (χ4v) is 4.47. The molecule has 0 bridgehead atoms. The predicted octanol–water partition coefficient (Wildman–Crippen LogP) is 4.27. The molecule has 1 amide bonds. The van der Waals surface area contributed by atoms with Crippen LogP contribution in [0.4, 0.5) is 0 Å². The lowest BCUT2D eigenvalue weighted by Crippen LogP contribution is -2.31. The third-order valence-corrected chi connectivity index (χ3v) is 6.53. The Balaban J connectivity index is 1.51. The van der Waals surface area contributed by atoms with Crippen LogP contribution in [-0.4, -0.2) is 56.7 Å². The van der Waals surface area contributed by atoms with Crippen LogP contribution in [0.2, 0.25) is 5.02 Å². The van der Waals surface area contributed by atoms with Gasteiger partial charge in [0.1, 0.15) is 11.7 Å². The number of nitrogens with zero attached hydrogens (tertiary/aromatic N) is 6. The van der Waals surface area contributed by atoms with Crippen molar-refractivity contribution in [1.29, 1.82) is 0 Å². The monoisotopic (exact) mass is 494 g/mol. The lowest BCUT2D eigenvalue weighted by molar-refractivity contribution is 0.0709. The van der Waals surface area contributed by atoms with E-state index < -0.39 is 0 Å². The maximum Gasteiger partial charge on any atom is 0.256 e. The summed E-state index contributed by atoms with van der Waals surface area (Å²) in [5, 5.41) is 13.2. The third kappa shape index (κ3) is 4.10. The summed E-state index contributed by atoms with van der Waals surface area (Å²) < 4.78 is 16.5. The van der Waals surface area contributed by atoms with Crippen LogP contribution in [0.5, 0.6) is 11.5 Å². The van der Waals surface area contributed by atoms with Crippen molar-refractivity contribution < 1.29 is 18.8 Å². The Morgan fingerprint density at radius 1 is 1.14 bits per heavy atom. The topological polar surface area (TPSA) is 108 Å². The van der Waals surface area contributed by atoms with E-state index in [9.17, 15) is 4.79 Å². The molecule has 1 atom stereocenters. The Bertz CT molecular complexity index is 1370. The molecule has 1 fully saturated rings. The summed E-state index contributed by atoms with van der Waals surface area (Å²) in [6, 6.07) is 8.51. The summed E-state index contributed by atoms with van der Waals surface area (Å²) in [6.07, 6.45) is 4.58. The molecule has 1 saturated heterocycles. The first-order valence-corrected chi connectivity index (χ1v) is 11.4. The van der Waals surface area contributed by atoms with Gasteiger partial charge in [-0.2, -0.15) is 20.0 Å². The highest BCUT2D eigenvalue weighted by atomic mass is 35.5. The molecular formula is C24H23ClN6O4. The molecule has 0 spiro atoms. The summed E-state index contributed by atoms with van der Waals surface area (Å²) in [6.45, 7) is 2.44. The Hall–Kier alpha value is -3.92. The summed E-state index contributed by atoms with van der Waals surface area (Å²) in [7, 11) is 3.05. The van der Waals surface area contributed by atoms with Crippen LogP contribution >= 0.6 is 11.6 Å². The van der Waals surface area contributed by atoms with E-state index >= 15 is 0 Å². The molecule has 35 heavy (non-hydrogen) atoms. The molecule has 0 saturated carbocycles. The minimum Gasteiger partial charge on any atom is -0.493 e. The maximum atomic E-state index is 13.8. The number of hydrogen-bond acceptors (Lipinski definition) is 8. The van der Waals surface area contributed by atoms with Gasteiger partial charge < -0.3 is 18.9 Å². The second kappa shape index (κ2) is 9.38. The number of aromatic nitrogens is 5. The Morgan fingerprint density at radius 3 is 2.63 bits per heavy atom. The molecule has 10 nitrogen and oxygen atoms in total. The molecular weight excluding hydrogens is 472 g/mol. The Morgan fingerprint density at radius 2 is 1.89 bits per heavy atom. The first-order valence-electron chi connectivity index (χ1n) is 11.0. The van der Waals surface area contributed by atoms with Crippen LogP contribution in [0.1, 0.15) is 40.7 Å². The van der Waals surface area contributed by atoms with Crippen molar-refractivity contribution in [1.82, 2.24) is 30.0 Å². The molecule has 5 rings (SSSR count). The summed E-state index contributed by atoms with van der Waals surface area (Å²) in [5.41, 5.74) is 2.50. The third-order valence-electron chi connectivity index (χ3n) is 6.12. The summed E-state index contributed by atoms with van der Waals surface area (Å²) >= 11 is 6.26. The van der Waals surface area contributed by atoms with E-state index in [0.717, 1.165) is 17.5 Å². The van der Waals surface area contributed by atoms with Crippen molar-refractivity contribution in [3.63, 3.8) is 0 Å². The van der Waals surface area contributed by atoms with Crippen molar-refractivity contribution in [2.45, 2.75) is 25.8 Å². The fourth-order valence-electron chi connectivity index (χ4n) is 4.30. The number of likely N-dealkylation sites (tertiary alicyclic amines) is 1. The van der Waals surface area contributed by atoms with E-state index in [0.29, 0.717) is 52.5 Å². The highest BCUT2D eigenvalue weighted by molar-refractivity contribution is 6.31. The lowest BCUT2D eigenvalue weighted by atomic mass is 10.1. The number of ether oxygens (including phenoxy) is 2. The van der Waals surface area contributed by atoms with Gasteiger partial charge in [-0.3, -0.25) is 4.79 Å². The second-order valence-electron chi connectivity index (χ2n) is 8.07. The zero-order valence-electron chi connectivity index (χ0n) is 19.4. The van der Waals surface area contributed by atoms with Crippen molar-refractivity contribution in [2.24, 2.45) is 0 Å². The van der Waals surface area contributed by atoms with Crippen LogP contribution in [-0.2, 0) is 0 Å². The van der Waals surface area contributed by atoms with Gasteiger partial charge in [0.25, 0.3) is 5.91 Å². The highest BCUT2D eigenvalue weighted by Crippen LogP contribution is 2.37. The number of amides is 1. The normalized spacial score (nSPS) is 15.4. The molecule has 4 aromatic rings. The molecule has 1 aliphatic rings. The van der Waals surface area contributed by atoms with Gasteiger partial charge in [0.05, 0.1) is 32.2 Å². The second-order valence-corrected chi connectivity index (χ2v) is 8.48. The predicted molar refractivity (Wildman–Crippen MR) is 127 cm³/mol. The average Bonchev–Trinajstić information content (AvgIpc) is 3.66. The van der Waals surface area contributed by atoms with Gasteiger partial charge in [0.2, 0.25) is 11.7 Å². The van der Waals surface area contributed by atoms with Crippen molar-refractivity contribution in [2.75, 3.05) is 20.8 Å². The molecule has 2 aromatic carbocycles. The van der Waals surface area contributed by atoms with E-state index in [4.69, 9.17) is 25.6 Å². The van der Waals surface area contributed by atoms with E-state index in [2.05, 4.69) is 20.3 Å². The van der Waals surface area contributed by atoms with E-state index in [1.807, 2.05) is 25.1 Å². The van der Waals surface area contributed by atoms with Gasteiger partial charge in [-0.15, -0.1) is 0 Å². The van der Waals surface area contributed by atoms with Gasteiger partial charge in [0, 0.05) is 23.2 Å². The summed E-state index contributed by atoms with van der Waals surface area (Å²) in [5.74, 6) is 1.49. The zero-order chi connectivity index (χ0) is 24.5. The fraction of sp³-hybridized carbons (Fsp3) is 0.292. The number of hydrogen-bond donors (Lipinski definition) is 0. The number of carbonyl (C=O) groups excluding carboxylic acids is 1. The first-order chi connectivity index (χ1) is 17.0. The van der Waals surface area contributed by atoms with Crippen LogP contribution in [0.25, 0.3) is 17.1 Å². The van der Waals surface area contributed by atoms with Crippen LogP contribution in [0.15, 0.2) is 47.2 Å². The van der Waals surface area contributed by atoms with Gasteiger partial charge >= 0.3 is 0 Å². The maximum absolute atomic E-state index is 13.8. The minimum atomic E-state index is -0.366. The van der Waals surface area contributed by atoms with Crippen molar-refractivity contribution >= 4 is 17.5 Å². The van der Waals surface area contributed by atoms with Gasteiger partial charge in [0.15, 0.2) is 11.5 Å². The Kier molecular flexibility index (Phi) is 6.12. The highest BCUT2D eigenvalue weighted by Gasteiger charge is 2.36. The molecule has 1 aliphatic heterocycles. The van der Waals surface area contributed by atoms with Crippen LogP contribution < -0.4 is 9.47 Å². The largest absolute Gasteiger partial charge is 0.493 e. The van der Waals surface area contributed by atoms with Gasteiger partial charge in [-0.25, -0.2) is 0 Å². The molecule has 1 unspecified atom stereocenters. The SMILES string of the molecule is COc1cc(C(=O)N2CCCC2c2nc(-c3cccc(Cl)c3C)no2)c(-n2nccn2)cc1OC. The average molecular weight is 495 g/mol. The number of rotatable bonds is 6. The first kappa shape index (κ1) is 22.9. The van der Waals surface area contributed by atoms with E-state index in [1.54, 1.807) is 29.4 Å². The molecule has 11 heteroatoms. The van der Waals surface area contributed by atoms with Crippen molar-refractivity contribution in [3.8, 4) is 28.6 Å². The molecule has 3 heterocycles. The molecule has 2 aromatic heterocycles. The van der Waals surface area contributed by atoms with Gasteiger partial charge in [-0.1, -0.05) is 28.9 Å². The van der Waals surface area contributed by atoms with E-state index in [-0.39, 0.29) is 11.9 Å². The van der Waals surface area contributed by atoms with E-state index in [1.165, 1.54) is 19.0 Å². The minimum absolute atomic E-state index is 0.223. The zero-order valence-corrected chi connectivity index (χ0v) is 20.2.